The van der Waals surface area contributed by atoms with E-state index < -0.39 is 12.1 Å². The van der Waals surface area contributed by atoms with Crippen LogP contribution in [0.5, 0.6) is 5.75 Å². The van der Waals surface area contributed by atoms with E-state index in [1.54, 1.807) is 24.3 Å². The van der Waals surface area contributed by atoms with Crippen LogP contribution in [0, 0.1) is 6.92 Å². The summed E-state index contributed by atoms with van der Waals surface area (Å²) in [6.45, 7) is 1.98. The second-order valence-electron chi connectivity index (χ2n) is 6.20. The first-order chi connectivity index (χ1) is 12.6. The summed E-state index contributed by atoms with van der Waals surface area (Å²) in [6.07, 6.45) is -0.600. The Hall–Kier alpha value is -3.12. The van der Waals surface area contributed by atoms with Gasteiger partial charge in [-0.2, -0.15) is 5.06 Å². The number of para-hydroxylation sites is 2. The minimum Gasteiger partial charge on any atom is -0.426 e. The van der Waals surface area contributed by atoms with Gasteiger partial charge in [-0.3, -0.25) is 14.4 Å². The molecule has 2 aromatic carbocycles. The molecule has 0 saturated carbocycles. The van der Waals surface area contributed by atoms with E-state index in [2.05, 4.69) is 0 Å². The summed E-state index contributed by atoms with van der Waals surface area (Å²) < 4.78 is 7.26. The number of nitrogens with zero attached hydrogens (tertiary/aromatic N) is 2. The van der Waals surface area contributed by atoms with E-state index in [0.29, 0.717) is 11.4 Å². The maximum atomic E-state index is 12.7. The summed E-state index contributed by atoms with van der Waals surface area (Å²) >= 11 is 0. The molecule has 132 valence electrons. The molecule has 1 aliphatic heterocycles. The second kappa shape index (κ2) is 6.31. The number of aromatic nitrogens is 1. The number of esters is 1. The summed E-state index contributed by atoms with van der Waals surface area (Å²) in [4.78, 5) is 30.4. The number of hydrogen-bond donors (Lipinski definition) is 0. The smallest absolute Gasteiger partial charge is 0.315 e. The molecule has 1 atom stereocenters. The fraction of sp³-hybridized carbons (Fsp3) is 0.200. The zero-order chi connectivity index (χ0) is 18.3. The van der Waals surface area contributed by atoms with Gasteiger partial charge in [0.25, 0.3) is 5.91 Å². The molecule has 3 aromatic rings. The highest BCUT2D eigenvalue weighted by Crippen LogP contribution is 2.37. The maximum absolute atomic E-state index is 12.7. The van der Waals surface area contributed by atoms with Crippen molar-refractivity contribution in [3.05, 3.63) is 65.9 Å². The first-order valence-corrected chi connectivity index (χ1v) is 8.34. The normalized spacial score (nSPS) is 16.2. The molecule has 1 aromatic heterocycles. The van der Waals surface area contributed by atoms with Crippen LogP contribution in [-0.4, -0.2) is 28.6 Å². The molecule has 0 bridgehead atoms. The van der Waals surface area contributed by atoms with Gasteiger partial charge < -0.3 is 9.30 Å². The number of hydroxylamine groups is 2. The number of rotatable bonds is 4. The summed E-state index contributed by atoms with van der Waals surface area (Å²) in [5.41, 5.74) is 2.46. The van der Waals surface area contributed by atoms with Crippen LogP contribution >= 0.6 is 0 Å². The zero-order valence-corrected chi connectivity index (χ0v) is 14.5. The molecule has 0 spiro atoms. The minimum absolute atomic E-state index is 0.0143. The van der Waals surface area contributed by atoms with E-state index in [1.165, 1.54) is 12.2 Å². The number of ether oxygens (including phenoxy) is 1. The molecule has 26 heavy (non-hydrogen) atoms. The van der Waals surface area contributed by atoms with Gasteiger partial charge in [-0.15, -0.1) is 0 Å². The number of carbonyl (C=O) groups is 2. The van der Waals surface area contributed by atoms with Crippen molar-refractivity contribution in [1.29, 1.82) is 0 Å². The van der Waals surface area contributed by atoms with Crippen LogP contribution in [0.15, 0.2) is 54.6 Å². The number of fused-ring (bicyclic) bond motifs is 3. The first kappa shape index (κ1) is 16.4. The van der Waals surface area contributed by atoms with Gasteiger partial charge >= 0.3 is 5.97 Å². The third-order valence-electron chi connectivity index (χ3n) is 4.57. The van der Waals surface area contributed by atoms with Crippen LogP contribution in [-0.2, 0) is 9.63 Å². The van der Waals surface area contributed by atoms with Gasteiger partial charge in [-0.25, -0.2) is 0 Å². The van der Waals surface area contributed by atoms with Gasteiger partial charge in [0.2, 0.25) is 0 Å². The number of aryl methyl sites for hydroxylation is 1. The molecule has 1 amide bonds. The molecule has 1 aliphatic rings. The standard InChI is InChI=1S/C20H18N2O4/c1-13-7-6-8-14-11-16-20(24)22(25-2)17(21(16)19(13)14)12-18(23)26-15-9-4-3-5-10-15/h3-11,17H,12H2,1-2H3. The Kier molecular flexibility index (Phi) is 3.97. The minimum atomic E-state index is -0.586. The quantitative estimate of drug-likeness (QED) is 0.534. The second-order valence-corrected chi connectivity index (χ2v) is 6.20. The van der Waals surface area contributed by atoms with Crippen LogP contribution in [0.3, 0.4) is 0 Å². The number of benzene rings is 2. The van der Waals surface area contributed by atoms with Gasteiger partial charge in [-0.05, 0) is 30.7 Å². The number of hydrogen-bond acceptors (Lipinski definition) is 4. The SMILES string of the molecule is CON1C(=O)c2cc3cccc(C)c3n2C1CC(=O)Oc1ccccc1. The molecule has 4 rings (SSSR count). The van der Waals surface area contributed by atoms with E-state index in [0.717, 1.165) is 16.5 Å². The van der Waals surface area contributed by atoms with Gasteiger partial charge in [0.05, 0.1) is 19.0 Å². The highest BCUT2D eigenvalue weighted by atomic mass is 16.7. The Morgan fingerprint density at radius 1 is 1.12 bits per heavy atom. The highest BCUT2D eigenvalue weighted by Gasteiger charge is 2.40. The number of carbonyl (C=O) groups excluding carboxylic acids is 2. The Labute approximate surface area is 150 Å². The highest BCUT2D eigenvalue weighted by molar-refractivity contribution is 6.01. The summed E-state index contributed by atoms with van der Waals surface area (Å²) in [5, 5.41) is 2.19. The molecule has 1 unspecified atom stereocenters. The van der Waals surface area contributed by atoms with Gasteiger partial charge in [-0.1, -0.05) is 36.4 Å². The van der Waals surface area contributed by atoms with Gasteiger partial charge in [0, 0.05) is 5.39 Å². The Balaban J connectivity index is 1.70. The molecule has 0 radical (unpaired) electrons. The molecule has 0 saturated heterocycles. The molecular weight excluding hydrogens is 332 g/mol. The molecule has 6 heteroatoms. The molecular formula is C20H18N2O4. The van der Waals surface area contributed by atoms with Crippen molar-refractivity contribution in [3.63, 3.8) is 0 Å². The van der Waals surface area contributed by atoms with E-state index in [-0.39, 0.29) is 12.3 Å². The Bertz CT molecular complexity index is 994. The maximum Gasteiger partial charge on any atom is 0.315 e. The Morgan fingerprint density at radius 3 is 2.62 bits per heavy atom. The molecule has 6 nitrogen and oxygen atoms in total. The lowest BCUT2D eigenvalue weighted by Crippen LogP contribution is -2.31. The van der Waals surface area contributed by atoms with Gasteiger partial charge in [0.15, 0.2) is 0 Å². The molecule has 0 fully saturated rings. The van der Waals surface area contributed by atoms with Crippen LogP contribution in [0.2, 0.25) is 0 Å². The van der Waals surface area contributed by atoms with E-state index in [9.17, 15) is 9.59 Å². The third-order valence-corrected chi connectivity index (χ3v) is 4.57. The average molecular weight is 350 g/mol. The van der Waals surface area contributed by atoms with Crippen molar-refractivity contribution in [3.8, 4) is 5.75 Å². The average Bonchev–Trinajstić information content (AvgIpc) is 3.13. The van der Waals surface area contributed by atoms with Crippen LogP contribution in [0.25, 0.3) is 10.9 Å². The fourth-order valence-corrected chi connectivity index (χ4v) is 3.48. The largest absolute Gasteiger partial charge is 0.426 e. The van der Waals surface area contributed by atoms with E-state index in [4.69, 9.17) is 9.57 Å². The monoisotopic (exact) mass is 350 g/mol. The van der Waals surface area contributed by atoms with Crippen molar-refractivity contribution in [2.45, 2.75) is 19.5 Å². The first-order valence-electron chi connectivity index (χ1n) is 8.34. The van der Waals surface area contributed by atoms with Crippen molar-refractivity contribution in [2.75, 3.05) is 7.11 Å². The topological polar surface area (TPSA) is 60.8 Å². The summed E-state index contributed by atoms with van der Waals surface area (Å²) in [6, 6.07) is 16.6. The van der Waals surface area contributed by atoms with Crippen LogP contribution in [0.4, 0.5) is 0 Å². The lowest BCUT2D eigenvalue weighted by molar-refractivity contribution is -0.151. The third kappa shape index (κ3) is 2.55. The lowest BCUT2D eigenvalue weighted by atomic mass is 10.1. The number of amides is 1. The van der Waals surface area contributed by atoms with Crippen LogP contribution < -0.4 is 4.74 Å². The summed E-state index contributed by atoms with van der Waals surface area (Å²) in [7, 11) is 1.43. The van der Waals surface area contributed by atoms with Crippen molar-refractivity contribution >= 4 is 22.8 Å². The lowest BCUT2D eigenvalue weighted by Gasteiger charge is -2.23. The zero-order valence-electron chi connectivity index (χ0n) is 14.5. The molecule has 0 N–H and O–H groups in total. The fourth-order valence-electron chi connectivity index (χ4n) is 3.48. The van der Waals surface area contributed by atoms with Crippen LogP contribution in [0.1, 0.15) is 28.6 Å². The van der Waals surface area contributed by atoms with E-state index in [1.807, 2.05) is 41.8 Å². The summed E-state index contributed by atoms with van der Waals surface area (Å²) in [5.74, 6) is -0.223. The van der Waals surface area contributed by atoms with Gasteiger partial charge in [0.1, 0.15) is 17.6 Å². The van der Waals surface area contributed by atoms with Crippen molar-refractivity contribution in [2.24, 2.45) is 0 Å². The van der Waals surface area contributed by atoms with Crippen molar-refractivity contribution < 1.29 is 19.2 Å². The Morgan fingerprint density at radius 2 is 1.88 bits per heavy atom. The predicted molar refractivity (Wildman–Crippen MR) is 95.6 cm³/mol. The molecule has 0 aliphatic carbocycles. The van der Waals surface area contributed by atoms with Crippen molar-refractivity contribution in [1.82, 2.24) is 9.63 Å². The predicted octanol–water partition coefficient (Wildman–Crippen LogP) is 3.46. The molecule has 2 heterocycles. The van der Waals surface area contributed by atoms with E-state index >= 15 is 0 Å².